The van der Waals surface area contributed by atoms with Crippen molar-refractivity contribution in [3.05, 3.63) is 60.3 Å². The van der Waals surface area contributed by atoms with E-state index in [9.17, 15) is 0 Å². The summed E-state index contributed by atoms with van der Waals surface area (Å²) in [4.78, 5) is 5.03. The molecule has 2 heterocycles. The Hall–Kier alpha value is -1.98. The lowest BCUT2D eigenvalue weighted by molar-refractivity contribution is 0.646. The van der Waals surface area contributed by atoms with Crippen LogP contribution >= 0.6 is 0 Å². The maximum absolute atomic E-state index is 5.03. The van der Waals surface area contributed by atoms with E-state index in [4.69, 9.17) is 4.98 Å². The van der Waals surface area contributed by atoms with Crippen molar-refractivity contribution in [2.75, 3.05) is 0 Å². The van der Waals surface area contributed by atoms with Gasteiger partial charge in [-0.25, -0.2) is 0 Å². The molecule has 4 rings (SSSR count). The van der Waals surface area contributed by atoms with E-state index in [1.807, 2.05) is 0 Å². The molecule has 1 aromatic heterocycles. The van der Waals surface area contributed by atoms with Crippen LogP contribution < -0.4 is 15.6 Å². The molecule has 0 fully saturated rings. The van der Waals surface area contributed by atoms with Gasteiger partial charge in [-0.15, -0.1) is 0 Å². The quantitative estimate of drug-likeness (QED) is 0.527. The first-order chi connectivity index (χ1) is 13.6. The number of rotatable bonds is 4. The van der Waals surface area contributed by atoms with E-state index in [1.54, 1.807) is 10.4 Å². The third-order valence-electron chi connectivity index (χ3n) is 6.25. The second-order valence-electron chi connectivity index (χ2n) is 10.5. The molecule has 0 atom stereocenters. The smallest absolute Gasteiger partial charge is 0.113 e. The Bertz CT molecular complexity index is 1070. The Balaban J connectivity index is 1.88. The van der Waals surface area contributed by atoms with E-state index < -0.39 is 16.1 Å². The maximum Gasteiger partial charge on any atom is 0.113 e. The molecule has 3 aromatic rings. The Labute approximate surface area is 178 Å². The highest BCUT2D eigenvalue weighted by Crippen LogP contribution is 2.31. The fourth-order valence-corrected chi connectivity index (χ4v) is 9.37. The van der Waals surface area contributed by atoms with Crippen LogP contribution in [-0.2, 0) is 6.42 Å². The van der Waals surface area contributed by atoms with Gasteiger partial charge >= 0.3 is 0 Å². The summed E-state index contributed by atoms with van der Waals surface area (Å²) in [6.45, 7) is 16.8. The van der Waals surface area contributed by atoms with Crippen LogP contribution in [0.3, 0.4) is 0 Å². The number of nitrogens with zero attached hydrogens (tertiary/aromatic N) is 1. The Morgan fingerprint density at radius 3 is 2.28 bits per heavy atom. The molecule has 0 saturated carbocycles. The summed E-state index contributed by atoms with van der Waals surface area (Å²) in [5.41, 5.74) is 6.72. The van der Waals surface area contributed by atoms with Crippen molar-refractivity contribution in [1.82, 2.24) is 4.98 Å². The fraction of sp³-hybridized carbons (Fsp3) is 0.346. The van der Waals surface area contributed by atoms with Crippen LogP contribution in [0.1, 0.15) is 19.4 Å². The van der Waals surface area contributed by atoms with E-state index in [0.29, 0.717) is 5.92 Å². The summed E-state index contributed by atoms with van der Waals surface area (Å²) in [5, 5.41) is 4.62. The van der Waals surface area contributed by atoms with Crippen LogP contribution in [0, 0.1) is 5.92 Å². The minimum atomic E-state index is -1.59. The molecule has 0 spiro atoms. The predicted molar refractivity (Wildman–Crippen MR) is 133 cm³/mol. The minimum absolute atomic E-state index is 0.654. The standard InChI is InChI=1S/C26H33NSi2/c1-18(2)14-19-15-25(28(3,4)5)26(27-17-19)20-12-13-24-22(16-20)21-10-8-9-11-23(21)29(24,6)7/h8-13,15-18H,14H2,1-7H3. The maximum atomic E-state index is 5.03. The summed E-state index contributed by atoms with van der Waals surface area (Å²) in [6.07, 6.45) is 3.21. The second kappa shape index (κ2) is 7.07. The van der Waals surface area contributed by atoms with Crippen LogP contribution in [0.25, 0.3) is 22.4 Å². The van der Waals surface area contributed by atoms with E-state index in [-0.39, 0.29) is 0 Å². The molecule has 1 aliphatic rings. The molecule has 150 valence electrons. The van der Waals surface area contributed by atoms with Crippen molar-refractivity contribution < 1.29 is 0 Å². The molecule has 3 heteroatoms. The zero-order chi connectivity index (χ0) is 21.0. The molecule has 0 amide bonds. The van der Waals surface area contributed by atoms with E-state index >= 15 is 0 Å². The van der Waals surface area contributed by atoms with E-state index in [0.717, 1.165) is 6.42 Å². The Kier molecular flexibility index (Phi) is 4.95. The summed E-state index contributed by atoms with van der Waals surface area (Å²) >= 11 is 0. The number of hydrogen-bond acceptors (Lipinski definition) is 1. The van der Waals surface area contributed by atoms with Crippen molar-refractivity contribution in [2.24, 2.45) is 5.92 Å². The van der Waals surface area contributed by atoms with Crippen LogP contribution in [0.4, 0.5) is 0 Å². The first kappa shape index (κ1) is 20.3. The zero-order valence-electron chi connectivity index (χ0n) is 18.9. The van der Waals surface area contributed by atoms with Crippen molar-refractivity contribution in [1.29, 1.82) is 0 Å². The Morgan fingerprint density at radius 2 is 1.59 bits per heavy atom. The molecular weight excluding hydrogens is 382 g/mol. The number of aromatic nitrogens is 1. The highest BCUT2D eigenvalue weighted by atomic mass is 28.3. The van der Waals surface area contributed by atoms with Gasteiger partial charge in [0.2, 0.25) is 0 Å². The van der Waals surface area contributed by atoms with Gasteiger partial charge in [0, 0.05) is 11.8 Å². The highest BCUT2D eigenvalue weighted by molar-refractivity contribution is 7.03. The molecule has 0 bridgehead atoms. The topological polar surface area (TPSA) is 12.9 Å². The van der Waals surface area contributed by atoms with Gasteiger partial charge < -0.3 is 0 Å². The molecule has 0 unspecified atom stereocenters. The lowest BCUT2D eigenvalue weighted by Crippen LogP contribution is -2.49. The van der Waals surface area contributed by atoms with Gasteiger partial charge in [-0.1, -0.05) is 89.0 Å². The van der Waals surface area contributed by atoms with Gasteiger partial charge in [0.1, 0.15) is 8.07 Å². The summed E-state index contributed by atoms with van der Waals surface area (Å²) < 4.78 is 0. The lowest BCUT2D eigenvalue weighted by Gasteiger charge is -2.23. The minimum Gasteiger partial charge on any atom is -0.256 e. The third-order valence-corrected chi connectivity index (χ3v) is 11.8. The van der Waals surface area contributed by atoms with Crippen molar-refractivity contribution in [2.45, 2.75) is 53.0 Å². The Morgan fingerprint density at radius 1 is 0.897 bits per heavy atom. The van der Waals surface area contributed by atoms with E-state index in [2.05, 4.69) is 101 Å². The number of hydrogen-bond donors (Lipinski definition) is 0. The van der Waals surface area contributed by atoms with Crippen LogP contribution in [-0.4, -0.2) is 21.1 Å². The fourth-order valence-electron chi connectivity index (χ4n) is 4.76. The molecule has 29 heavy (non-hydrogen) atoms. The van der Waals surface area contributed by atoms with Crippen LogP contribution in [0.15, 0.2) is 54.7 Å². The van der Waals surface area contributed by atoms with Gasteiger partial charge in [0.05, 0.1) is 13.8 Å². The summed E-state index contributed by atoms with van der Waals surface area (Å²) in [6, 6.07) is 18.6. The SMILES string of the molecule is CC(C)Cc1cnc(-c2ccc3c(c2)-c2ccccc2[Si]3(C)C)c([Si](C)(C)C)c1. The number of benzene rings is 2. The van der Waals surface area contributed by atoms with Crippen molar-refractivity contribution in [3.8, 4) is 22.4 Å². The summed E-state index contributed by atoms with van der Waals surface area (Å²) in [7, 11) is -3.12. The lowest BCUT2D eigenvalue weighted by atomic mass is 10.0. The molecular formula is C26H33NSi2. The van der Waals surface area contributed by atoms with Gasteiger partial charge in [-0.3, -0.25) is 4.98 Å². The molecule has 0 radical (unpaired) electrons. The van der Waals surface area contributed by atoms with Crippen LogP contribution in [0.2, 0.25) is 32.7 Å². The molecule has 2 aromatic carbocycles. The third kappa shape index (κ3) is 3.55. The molecule has 0 N–H and O–H groups in total. The highest BCUT2D eigenvalue weighted by Gasteiger charge is 2.37. The molecule has 0 saturated heterocycles. The van der Waals surface area contributed by atoms with E-state index in [1.165, 1.54) is 33.1 Å². The second-order valence-corrected chi connectivity index (χ2v) is 19.9. The number of pyridine rings is 1. The molecule has 1 aliphatic heterocycles. The zero-order valence-corrected chi connectivity index (χ0v) is 20.9. The first-order valence-corrected chi connectivity index (χ1v) is 17.3. The average Bonchev–Trinajstić information content (AvgIpc) is 2.88. The average molecular weight is 416 g/mol. The normalized spacial score (nSPS) is 14.8. The molecule has 0 aliphatic carbocycles. The van der Waals surface area contributed by atoms with Gasteiger partial charge in [-0.05, 0) is 50.7 Å². The first-order valence-electron chi connectivity index (χ1n) is 10.8. The molecule has 1 nitrogen and oxygen atoms in total. The van der Waals surface area contributed by atoms with Gasteiger partial charge in [0.15, 0.2) is 0 Å². The van der Waals surface area contributed by atoms with Crippen molar-refractivity contribution >= 4 is 31.7 Å². The monoisotopic (exact) mass is 415 g/mol. The van der Waals surface area contributed by atoms with Crippen molar-refractivity contribution in [3.63, 3.8) is 0 Å². The van der Waals surface area contributed by atoms with Crippen LogP contribution in [0.5, 0.6) is 0 Å². The van der Waals surface area contributed by atoms with Gasteiger partial charge in [0.25, 0.3) is 0 Å². The summed E-state index contributed by atoms with van der Waals surface area (Å²) in [5.74, 6) is 0.654. The predicted octanol–water partition coefficient (Wildman–Crippen LogP) is 5.30. The largest absolute Gasteiger partial charge is 0.256 e. The van der Waals surface area contributed by atoms with Gasteiger partial charge in [-0.2, -0.15) is 0 Å². The number of fused-ring (bicyclic) bond motifs is 3.